The third-order valence-electron chi connectivity index (χ3n) is 3.01. The average molecular weight is 289 g/mol. The van der Waals surface area contributed by atoms with E-state index < -0.39 is 0 Å². The van der Waals surface area contributed by atoms with E-state index in [9.17, 15) is 0 Å². The van der Waals surface area contributed by atoms with Gasteiger partial charge in [0.25, 0.3) is 0 Å². The first-order valence-electron chi connectivity index (χ1n) is 6.25. The van der Waals surface area contributed by atoms with Crippen LogP contribution in [0.2, 0.25) is 5.02 Å². The van der Waals surface area contributed by atoms with Gasteiger partial charge in [0.1, 0.15) is 5.84 Å². The summed E-state index contributed by atoms with van der Waals surface area (Å²) in [4.78, 5) is 6.47. The Morgan fingerprint density at radius 2 is 2.10 bits per heavy atom. The second kappa shape index (κ2) is 5.92. The molecule has 0 aliphatic carbocycles. The van der Waals surface area contributed by atoms with E-state index >= 15 is 0 Å². The number of rotatable bonds is 4. The van der Waals surface area contributed by atoms with Crippen LogP contribution in [0.3, 0.4) is 0 Å². The predicted molar refractivity (Wildman–Crippen MR) is 83.5 cm³/mol. The highest BCUT2D eigenvalue weighted by Crippen LogP contribution is 2.24. The average Bonchev–Trinajstić information content (AvgIpc) is 2.38. The van der Waals surface area contributed by atoms with Crippen molar-refractivity contribution in [2.45, 2.75) is 13.5 Å². The fourth-order valence-electron chi connectivity index (χ4n) is 2.06. The molecule has 0 unspecified atom stereocenters. The van der Waals surface area contributed by atoms with Crippen LogP contribution < -0.4 is 10.6 Å². The number of aryl methyl sites for hydroxylation is 1. The number of aromatic nitrogens is 1. The maximum Gasteiger partial charge on any atom is 0.124 e. The topological polar surface area (TPSA) is 66.0 Å². The third-order valence-corrected chi connectivity index (χ3v) is 3.24. The highest BCUT2D eigenvalue weighted by atomic mass is 35.5. The van der Waals surface area contributed by atoms with Crippen molar-refractivity contribution in [1.29, 1.82) is 5.41 Å². The fraction of sp³-hybridized carbons (Fsp3) is 0.200. The molecule has 1 heterocycles. The van der Waals surface area contributed by atoms with Gasteiger partial charge in [-0.25, -0.2) is 0 Å². The van der Waals surface area contributed by atoms with Crippen LogP contribution in [0, 0.1) is 12.3 Å². The number of pyridine rings is 1. The number of benzene rings is 1. The monoisotopic (exact) mass is 288 g/mol. The lowest BCUT2D eigenvalue weighted by Gasteiger charge is -2.22. The Labute approximate surface area is 123 Å². The van der Waals surface area contributed by atoms with Gasteiger partial charge in [0.05, 0.1) is 12.2 Å². The molecule has 20 heavy (non-hydrogen) atoms. The number of nitrogen functional groups attached to an aromatic ring is 1. The van der Waals surface area contributed by atoms with Crippen molar-refractivity contribution in [2.24, 2.45) is 5.73 Å². The molecular weight excluding hydrogens is 272 g/mol. The van der Waals surface area contributed by atoms with E-state index in [4.69, 9.17) is 22.7 Å². The van der Waals surface area contributed by atoms with Crippen molar-refractivity contribution in [2.75, 3.05) is 11.9 Å². The zero-order chi connectivity index (χ0) is 14.7. The van der Waals surface area contributed by atoms with Gasteiger partial charge in [-0.2, -0.15) is 0 Å². The second-order valence-corrected chi connectivity index (χ2v) is 5.14. The molecular formula is C15H17ClN4. The van der Waals surface area contributed by atoms with Gasteiger partial charge in [0, 0.05) is 29.0 Å². The Morgan fingerprint density at radius 3 is 2.75 bits per heavy atom. The maximum atomic E-state index is 7.65. The maximum absolute atomic E-state index is 7.65. The number of halogens is 1. The summed E-state index contributed by atoms with van der Waals surface area (Å²) in [5.41, 5.74) is 9.06. The molecule has 0 radical (unpaired) electrons. The standard InChI is InChI=1S/C15H17ClN4/c1-10-4-3-5-12(19-10)9-20(2)14-8-11(16)6-7-13(14)15(17)18/h3-8H,9H2,1-2H3,(H3,17,18). The van der Waals surface area contributed by atoms with Gasteiger partial charge in [0.15, 0.2) is 0 Å². The summed E-state index contributed by atoms with van der Waals surface area (Å²) in [5.74, 6) is 0.0284. The lowest BCUT2D eigenvalue weighted by molar-refractivity contribution is 0.875. The Kier molecular flexibility index (Phi) is 4.25. The van der Waals surface area contributed by atoms with Crippen LogP contribution >= 0.6 is 11.6 Å². The second-order valence-electron chi connectivity index (χ2n) is 4.70. The molecule has 104 valence electrons. The van der Waals surface area contributed by atoms with Crippen LogP contribution in [0.5, 0.6) is 0 Å². The quantitative estimate of drug-likeness (QED) is 0.671. The molecule has 0 fully saturated rings. The minimum absolute atomic E-state index is 0.0284. The van der Waals surface area contributed by atoms with Gasteiger partial charge in [0.2, 0.25) is 0 Å². The molecule has 0 aliphatic rings. The van der Waals surface area contributed by atoms with Crippen molar-refractivity contribution in [1.82, 2.24) is 4.98 Å². The molecule has 0 bridgehead atoms. The molecule has 2 aromatic rings. The Balaban J connectivity index is 2.31. The van der Waals surface area contributed by atoms with Crippen LogP contribution in [-0.4, -0.2) is 17.9 Å². The van der Waals surface area contributed by atoms with Crippen molar-refractivity contribution in [3.05, 3.63) is 58.4 Å². The number of anilines is 1. The van der Waals surface area contributed by atoms with E-state index in [1.165, 1.54) is 0 Å². The van der Waals surface area contributed by atoms with Crippen LogP contribution in [0.15, 0.2) is 36.4 Å². The predicted octanol–water partition coefficient (Wildman–Crippen LogP) is 2.96. The molecule has 0 saturated heterocycles. The lowest BCUT2D eigenvalue weighted by atomic mass is 10.1. The van der Waals surface area contributed by atoms with Crippen molar-refractivity contribution in [3.63, 3.8) is 0 Å². The number of hydrogen-bond donors (Lipinski definition) is 2. The molecule has 0 spiro atoms. The van der Waals surface area contributed by atoms with Crippen LogP contribution in [-0.2, 0) is 6.54 Å². The number of nitrogens with two attached hydrogens (primary N) is 1. The largest absolute Gasteiger partial charge is 0.384 e. The lowest BCUT2D eigenvalue weighted by Crippen LogP contribution is -2.22. The van der Waals surface area contributed by atoms with Gasteiger partial charge < -0.3 is 10.6 Å². The molecule has 2 rings (SSSR count). The van der Waals surface area contributed by atoms with Crippen LogP contribution in [0.4, 0.5) is 5.69 Å². The summed E-state index contributed by atoms with van der Waals surface area (Å²) in [6.45, 7) is 2.59. The van der Waals surface area contributed by atoms with Crippen molar-refractivity contribution in [3.8, 4) is 0 Å². The van der Waals surface area contributed by atoms with E-state index in [-0.39, 0.29) is 5.84 Å². The van der Waals surface area contributed by atoms with Crippen LogP contribution in [0.1, 0.15) is 17.0 Å². The molecule has 0 aliphatic heterocycles. The first-order chi connectivity index (χ1) is 9.47. The number of amidine groups is 1. The zero-order valence-electron chi connectivity index (χ0n) is 11.5. The summed E-state index contributed by atoms with van der Waals surface area (Å²) in [5, 5.41) is 8.27. The van der Waals surface area contributed by atoms with Crippen LogP contribution in [0.25, 0.3) is 0 Å². The molecule has 4 nitrogen and oxygen atoms in total. The molecule has 0 saturated carbocycles. The molecule has 5 heteroatoms. The van der Waals surface area contributed by atoms with E-state index in [0.29, 0.717) is 17.1 Å². The summed E-state index contributed by atoms with van der Waals surface area (Å²) in [6, 6.07) is 11.2. The zero-order valence-corrected chi connectivity index (χ0v) is 12.3. The van der Waals surface area contributed by atoms with Gasteiger partial charge in [-0.1, -0.05) is 17.7 Å². The molecule has 1 aromatic heterocycles. The molecule has 0 atom stereocenters. The van der Waals surface area contributed by atoms with Gasteiger partial charge in [-0.15, -0.1) is 0 Å². The number of nitrogens with one attached hydrogen (secondary N) is 1. The minimum atomic E-state index is 0.0284. The van der Waals surface area contributed by atoms with E-state index in [0.717, 1.165) is 17.1 Å². The first-order valence-corrected chi connectivity index (χ1v) is 6.63. The van der Waals surface area contributed by atoms with Gasteiger partial charge in [-0.05, 0) is 37.3 Å². The van der Waals surface area contributed by atoms with Crippen molar-refractivity contribution < 1.29 is 0 Å². The first kappa shape index (κ1) is 14.3. The smallest absolute Gasteiger partial charge is 0.124 e. The molecule has 0 amide bonds. The summed E-state index contributed by atoms with van der Waals surface area (Å²) in [7, 11) is 1.93. The summed E-state index contributed by atoms with van der Waals surface area (Å²) in [6.07, 6.45) is 0. The van der Waals surface area contributed by atoms with E-state index in [1.807, 2.05) is 43.1 Å². The van der Waals surface area contributed by atoms with Gasteiger partial charge >= 0.3 is 0 Å². The number of nitrogens with zero attached hydrogens (tertiary/aromatic N) is 2. The number of hydrogen-bond acceptors (Lipinski definition) is 3. The highest BCUT2D eigenvalue weighted by Gasteiger charge is 2.11. The summed E-state index contributed by atoms with van der Waals surface area (Å²) >= 11 is 6.04. The fourth-order valence-corrected chi connectivity index (χ4v) is 2.23. The summed E-state index contributed by atoms with van der Waals surface area (Å²) < 4.78 is 0. The van der Waals surface area contributed by atoms with Gasteiger partial charge in [-0.3, -0.25) is 10.4 Å². The Bertz CT molecular complexity index is 640. The van der Waals surface area contributed by atoms with Crippen molar-refractivity contribution >= 4 is 23.1 Å². The molecule has 3 N–H and O–H groups in total. The third kappa shape index (κ3) is 3.27. The van der Waals surface area contributed by atoms with E-state index in [1.54, 1.807) is 12.1 Å². The highest BCUT2D eigenvalue weighted by molar-refractivity contribution is 6.31. The SMILES string of the molecule is Cc1cccc(CN(C)c2cc(Cl)ccc2C(=N)N)n1. The van der Waals surface area contributed by atoms with E-state index in [2.05, 4.69) is 4.98 Å². The Morgan fingerprint density at radius 1 is 1.35 bits per heavy atom. The Hall–Kier alpha value is -2.07. The normalized spacial score (nSPS) is 10.3. The molecule has 1 aromatic carbocycles. The minimum Gasteiger partial charge on any atom is -0.384 e.